The molecule has 0 spiro atoms. The van der Waals surface area contributed by atoms with Crippen LogP contribution in [0.3, 0.4) is 0 Å². The van der Waals surface area contributed by atoms with Crippen molar-refractivity contribution in [1.82, 2.24) is 9.97 Å². The summed E-state index contributed by atoms with van der Waals surface area (Å²) in [5.74, 6) is 0.696. The average Bonchev–Trinajstić information content (AvgIpc) is 3.68. The first-order valence-electron chi connectivity index (χ1n) is 19.6. The zero-order chi connectivity index (χ0) is 38.4. The summed E-state index contributed by atoms with van der Waals surface area (Å²) >= 11 is 0. The fraction of sp³-hybridized carbons (Fsp3) is 0. The molecule has 0 bridgehead atoms. The van der Waals surface area contributed by atoms with E-state index in [9.17, 15) is 0 Å². The summed E-state index contributed by atoms with van der Waals surface area (Å²) in [6, 6.07) is 74.3. The summed E-state index contributed by atoms with van der Waals surface area (Å²) in [6.07, 6.45) is 0. The van der Waals surface area contributed by atoms with Gasteiger partial charge in [-0.05, 0) is 87.3 Å². The summed E-state index contributed by atoms with van der Waals surface area (Å²) < 4.78 is 6.68. The Balaban J connectivity index is 1.06. The molecule has 58 heavy (non-hydrogen) atoms. The number of benzene rings is 9. The summed E-state index contributed by atoms with van der Waals surface area (Å²) in [6.45, 7) is 0. The number of anilines is 3. The van der Waals surface area contributed by atoms with Crippen molar-refractivity contribution in [3.8, 4) is 45.0 Å². The van der Waals surface area contributed by atoms with Gasteiger partial charge in [-0.15, -0.1) is 0 Å². The fourth-order valence-corrected chi connectivity index (χ4v) is 8.33. The Hall–Kier alpha value is -7.82. The lowest BCUT2D eigenvalue weighted by atomic mass is 9.91. The Bertz CT molecular complexity index is 3240. The van der Waals surface area contributed by atoms with Gasteiger partial charge in [-0.3, -0.25) is 0 Å². The second-order valence-corrected chi connectivity index (χ2v) is 14.6. The van der Waals surface area contributed by atoms with Crippen LogP contribution in [0.1, 0.15) is 0 Å². The smallest absolute Gasteiger partial charge is 0.160 e. The molecule has 0 saturated carbocycles. The lowest BCUT2D eigenvalue weighted by molar-refractivity contribution is 0.669. The summed E-state index contributed by atoms with van der Waals surface area (Å²) in [5.41, 5.74) is 12.0. The van der Waals surface area contributed by atoms with Crippen LogP contribution >= 0.6 is 0 Å². The van der Waals surface area contributed by atoms with Crippen LogP contribution in [0.5, 0.6) is 0 Å². The number of hydrogen-bond donors (Lipinski definition) is 0. The molecule has 272 valence electrons. The molecule has 0 unspecified atom stereocenters. The van der Waals surface area contributed by atoms with E-state index < -0.39 is 0 Å². The molecular weight excluding hydrogens is 707 g/mol. The van der Waals surface area contributed by atoms with E-state index in [2.05, 4.69) is 187 Å². The molecule has 4 nitrogen and oxygen atoms in total. The zero-order valence-electron chi connectivity index (χ0n) is 31.5. The Morgan fingerprint density at radius 1 is 0.345 bits per heavy atom. The molecule has 2 heterocycles. The monoisotopic (exact) mass is 741 g/mol. The van der Waals surface area contributed by atoms with Gasteiger partial charge in [0.05, 0.1) is 11.4 Å². The van der Waals surface area contributed by atoms with E-state index in [1.165, 1.54) is 10.8 Å². The van der Waals surface area contributed by atoms with Gasteiger partial charge in [0, 0.05) is 50.6 Å². The largest absolute Gasteiger partial charge is 0.456 e. The third-order valence-corrected chi connectivity index (χ3v) is 11.1. The van der Waals surface area contributed by atoms with E-state index in [1.54, 1.807) is 0 Å². The van der Waals surface area contributed by atoms with Crippen molar-refractivity contribution in [3.05, 3.63) is 212 Å². The highest BCUT2D eigenvalue weighted by Crippen LogP contribution is 2.44. The van der Waals surface area contributed by atoms with Gasteiger partial charge in [-0.25, -0.2) is 9.97 Å². The van der Waals surface area contributed by atoms with Gasteiger partial charge in [-0.1, -0.05) is 152 Å². The standard InChI is InChI=1S/C54H35N3O/c1-4-16-37(17-5-1)54-55-49(39-28-27-36-15-10-11-18-38(36)33-39)35-50(56-54)46-32-31-45(43-23-12-13-24-44(43)46)47-25-14-26-51-53(47)48-30-29-42(34-52(48)58-51)57(40-19-6-2-7-20-40)41-21-8-3-9-22-41/h1-35H. The number of fused-ring (bicyclic) bond motifs is 5. The molecule has 0 N–H and O–H groups in total. The van der Waals surface area contributed by atoms with E-state index in [0.29, 0.717) is 5.82 Å². The van der Waals surface area contributed by atoms with Crippen LogP contribution in [0, 0.1) is 0 Å². The van der Waals surface area contributed by atoms with Crippen LogP contribution < -0.4 is 4.90 Å². The van der Waals surface area contributed by atoms with Crippen molar-refractivity contribution in [3.63, 3.8) is 0 Å². The fourth-order valence-electron chi connectivity index (χ4n) is 8.33. The van der Waals surface area contributed by atoms with Gasteiger partial charge in [-0.2, -0.15) is 0 Å². The third-order valence-electron chi connectivity index (χ3n) is 11.1. The Morgan fingerprint density at radius 2 is 0.983 bits per heavy atom. The van der Waals surface area contributed by atoms with Crippen molar-refractivity contribution < 1.29 is 4.42 Å². The first kappa shape index (κ1) is 33.5. The normalized spacial score (nSPS) is 11.4. The van der Waals surface area contributed by atoms with E-state index in [0.717, 1.165) is 89.0 Å². The number of furan rings is 1. The quantitative estimate of drug-likeness (QED) is 0.163. The van der Waals surface area contributed by atoms with Gasteiger partial charge in [0.2, 0.25) is 0 Å². The second kappa shape index (κ2) is 14.0. The second-order valence-electron chi connectivity index (χ2n) is 14.6. The SMILES string of the molecule is c1ccc(-c2nc(-c3ccc4ccccc4c3)cc(-c3ccc(-c4cccc5oc6cc(N(c7ccccc7)c7ccccc7)ccc6c45)c4ccccc34)n2)cc1. The minimum Gasteiger partial charge on any atom is -0.456 e. The number of para-hydroxylation sites is 2. The van der Waals surface area contributed by atoms with Gasteiger partial charge in [0.15, 0.2) is 5.82 Å². The molecular formula is C54H35N3O. The molecule has 0 aliphatic rings. The van der Waals surface area contributed by atoms with Crippen molar-refractivity contribution in [2.24, 2.45) is 0 Å². The lowest BCUT2D eigenvalue weighted by Crippen LogP contribution is -2.09. The van der Waals surface area contributed by atoms with Crippen molar-refractivity contribution in [2.75, 3.05) is 4.90 Å². The first-order valence-corrected chi connectivity index (χ1v) is 19.6. The predicted octanol–water partition coefficient (Wildman–Crippen LogP) is 14.8. The molecule has 0 fully saturated rings. The van der Waals surface area contributed by atoms with E-state index in [4.69, 9.17) is 14.4 Å². The van der Waals surface area contributed by atoms with Crippen LogP contribution in [0.4, 0.5) is 17.1 Å². The molecule has 0 aliphatic heterocycles. The highest BCUT2D eigenvalue weighted by Gasteiger charge is 2.20. The summed E-state index contributed by atoms with van der Waals surface area (Å²) in [7, 11) is 0. The Labute approximate surface area is 335 Å². The maximum absolute atomic E-state index is 6.68. The molecule has 0 aliphatic carbocycles. The number of rotatable bonds is 7. The highest BCUT2D eigenvalue weighted by atomic mass is 16.3. The molecule has 4 heteroatoms. The third kappa shape index (κ3) is 5.87. The summed E-state index contributed by atoms with van der Waals surface area (Å²) in [4.78, 5) is 12.6. The van der Waals surface area contributed by atoms with Gasteiger partial charge >= 0.3 is 0 Å². The van der Waals surface area contributed by atoms with Gasteiger partial charge < -0.3 is 9.32 Å². The van der Waals surface area contributed by atoms with Crippen molar-refractivity contribution in [2.45, 2.75) is 0 Å². The number of hydrogen-bond acceptors (Lipinski definition) is 4. The van der Waals surface area contributed by atoms with Crippen molar-refractivity contribution >= 4 is 60.5 Å². The topological polar surface area (TPSA) is 42.2 Å². The predicted molar refractivity (Wildman–Crippen MR) is 241 cm³/mol. The molecule has 11 aromatic rings. The maximum atomic E-state index is 6.68. The molecule has 9 aromatic carbocycles. The van der Waals surface area contributed by atoms with Gasteiger partial charge in [0.1, 0.15) is 11.2 Å². The molecule has 11 rings (SSSR count). The maximum Gasteiger partial charge on any atom is 0.160 e. The molecule has 0 amide bonds. The lowest BCUT2D eigenvalue weighted by Gasteiger charge is -2.25. The number of nitrogens with zero attached hydrogens (tertiary/aromatic N) is 3. The zero-order valence-corrected chi connectivity index (χ0v) is 31.5. The first-order chi connectivity index (χ1) is 28.7. The van der Waals surface area contributed by atoms with E-state index >= 15 is 0 Å². The van der Waals surface area contributed by atoms with Crippen molar-refractivity contribution in [1.29, 1.82) is 0 Å². The molecule has 2 aromatic heterocycles. The molecule has 0 radical (unpaired) electrons. The van der Waals surface area contributed by atoms with Gasteiger partial charge in [0.25, 0.3) is 0 Å². The average molecular weight is 742 g/mol. The minimum absolute atomic E-state index is 0.696. The summed E-state index contributed by atoms with van der Waals surface area (Å²) in [5, 5.41) is 6.82. The molecule has 0 saturated heterocycles. The van der Waals surface area contributed by atoms with E-state index in [1.807, 2.05) is 30.3 Å². The van der Waals surface area contributed by atoms with Crippen LogP contribution in [-0.2, 0) is 0 Å². The van der Waals surface area contributed by atoms with Crippen LogP contribution in [0.2, 0.25) is 0 Å². The van der Waals surface area contributed by atoms with Crippen LogP contribution in [0.25, 0.3) is 88.5 Å². The minimum atomic E-state index is 0.696. The Morgan fingerprint density at radius 3 is 1.74 bits per heavy atom. The molecule has 0 atom stereocenters. The van der Waals surface area contributed by atoms with Crippen LogP contribution in [-0.4, -0.2) is 9.97 Å². The van der Waals surface area contributed by atoms with Crippen LogP contribution in [0.15, 0.2) is 217 Å². The number of aromatic nitrogens is 2. The highest BCUT2D eigenvalue weighted by molar-refractivity contribution is 6.17. The Kier molecular flexibility index (Phi) is 8.11. The van der Waals surface area contributed by atoms with E-state index in [-0.39, 0.29) is 0 Å².